The van der Waals surface area contributed by atoms with Crippen molar-refractivity contribution < 1.29 is 4.79 Å². The number of nitrogens with zero attached hydrogens (tertiary/aromatic N) is 2. The topological polar surface area (TPSA) is 92.9 Å². The number of carbonyl (C=O) groups excluding carboxylic acids is 1. The summed E-state index contributed by atoms with van der Waals surface area (Å²) in [6, 6.07) is 14.3. The van der Waals surface area contributed by atoms with Crippen LogP contribution in [0.25, 0.3) is 0 Å². The maximum Gasteiger partial charge on any atom is 0.159 e. The summed E-state index contributed by atoms with van der Waals surface area (Å²) >= 11 is 5.88. The van der Waals surface area contributed by atoms with Gasteiger partial charge in [0.1, 0.15) is 12.0 Å². The molecule has 25 heavy (non-hydrogen) atoms. The van der Waals surface area contributed by atoms with Crippen LogP contribution in [0.15, 0.2) is 54.9 Å². The molecule has 0 aliphatic carbocycles. The Morgan fingerprint density at radius 1 is 0.920 bits per heavy atom. The van der Waals surface area contributed by atoms with Crippen LogP contribution in [0.4, 0.5) is 28.7 Å². The van der Waals surface area contributed by atoms with E-state index in [0.29, 0.717) is 27.9 Å². The summed E-state index contributed by atoms with van der Waals surface area (Å²) in [7, 11) is 0. The van der Waals surface area contributed by atoms with E-state index >= 15 is 0 Å². The predicted molar refractivity (Wildman–Crippen MR) is 101 cm³/mol. The molecule has 0 saturated carbocycles. The van der Waals surface area contributed by atoms with Crippen LogP contribution in [0.3, 0.4) is 0 Å². The SMILES string of the molecule is CC(=O)c1ccc(Nc2ncnc(Nc3ccc(Cl)cc3)c2N)cc1. The highest BCUT2D eigenvalue weighted by Crippen LogP contribution is 2.28. The van der Waals surface area contributed by atoms with E-state index in [1.54, 1.807) is 36.4 Å². The fourth-order valence-electron chi connectivity index (χ4n) is 2.19. The average Bonchev–Trinajstić information content (AvgIpc) is 2.61. The van der Waals surface area contributed by atoms with Crippen LogP contribution in [0.1, 0.15) is 17.3 Å². The number of carbonyl (C=O) groups is 1. The molecule has 1 aromatic heterocycles. The van der Waals surface area contributed by atoms with Gasteiger partial charge in [-0.05, 0) is 55.5 Å². The largest absolute Gasteiger partial charge is 0.393 e. The van der Waals surface area contributed by atoms with E-state index in [9.17, 15) is 4.79 Å². The zero-order chi connectivity index (χ0) is 17.8. The van der Waals surface area contributed by atoms with Gasteiger partial charge >= 0.3 is 0 Å². The molecule has 0 radical (unpaired) electrons. The van der Waals surface area contributed by atoms with Crippen LogP contribution in [0.5, 0.6) is 0 Å². The van der Waals surface area contributed by atoms with Crippen LogP contribution in [0.2, 0.25) is 5.02 Å². The Bertz CT molecular complexity index is 894. The monoisotopic (exact) mass is 353 g/mol. The Morgan fingerprint density at radius 2 is 1.40 bits per heavy atom. The first-order valence-corrected chi connectivity index (χ1v) is 7.92. The summed E-state index contributed by atoms with van der Waals surface area (Å²) in [5, 5.41) is 6.91. The van der Waals surface area contributed by atoms with Crippen LogP contribution in [-0.2, 0) is 0 Å². The highest BCUT2D eigenvalue weighted by atomic mass is 35.5. The first-order valence-electron chi connectivity index (χ1n) is 7.54. The van der Waals surface area contributed by atoms with Gasteiger partial charge in [-0.15, -0.1) is 0 Å². The number of aromatic nitrogens is 2. The minimum Gasteiger partial charge on any atom is -0.393 e. The molecule has 0 aliphatic rings. The molecule has 0 amide bonds. The number of benzene rings is 2. The number of rotatable bonds is 5. The number of Topliss-reactive ketones (excluding diaryl/α,β-unsaturated/α-hetero) is 1. The van der Waals surface area contributed by atoms with Gasteiger partial charge in [-0.2, -0.15) is 0 Å². The van der Waals surface area contributed by atoms with Crippen molar-refractivity contribution >= 4 is 46.1 Å². The third-order valence-electron chi connectivity index (χ3n) is 3.55. The molecular formula is C18H16ClN5O. The molecular weight excluding hydrogens is 338 g/mol. The maximum absolute atomic E-state index is 11.3. The number of ketones is 1. The van der Waals surface area contributed by atoms with Gasteiger partial charge in [0.2, 0.25) is 0 Å². The van der Waals surface area contributed by atoms with E-state index in [1.165, 1.54) is 13.3 Å². The van der Waals surface area contributed by atoms with Crippen molar-refractivity contribution in [1.29, 1.82) is 0 Å². The van der Waals surface area contributed by atoms with Crippen LogP contribution < -0.4 is 16.4 Å². The summed E-state index contributed by atoms with van der Waals surface area (Å²) in [6.45, 7) is 1.53. The van der Waals surface area contributed by atoms with Crippen molar-refractivity contribution in [3.05, 3.63) is 65.4 Å². The molecule has 0 saturated heterocycles. The van der Waals surface area contributed by atoms with Crippen molar-refractivity contribution in [3.8, 4) is 0 Å². The van der Waals surface area contributed by atoms with Crippen molar-refractivity contribution in [3.63, 3.8) is 0 Å². The van der Waals surface area contributed by atoms with Gasteiger partial charge in [0.15, 0.2) is 17.4 Å². The summed E-state index contributed by atoms with van der Waals surface area (Å²) in [5.41, 5.74) is 8.77. The highest BCUT2D eigenvalue weighted by molar-refractivity contribution is 6.30. The summed E-state index contributed by atoms with van der Waals surface area (Å²) in [5.74, 6) is 0.977. The number of hydrogen-bond donors (Lipinski definition) is 3. The number of halogens is 1. The van der Waals surface area contributed by atoms with Gasteiger partial charge in [0.25, 0.3) is 0 Å². The quantitative estimate of drug-likeness (QED) is 0.588. The van der Waals surface area contributed by atoms with E-state index in [0.717, 1.165) is 11.4 Å². The van der Waals surface area contributed by atoms with Gasteiger partial charge in [-0.3, -0.25) is 4.79 Å². The van der Waals surface area contributed by atoms with Crippen LogP contribution >= 0.6 is 11.6 Å². The Labute approximate surface area is 150 Å². The Kier molecular flexibility index (Phi) is 4.81. The fourth-order valence-corrected chi connectivity index (χ4v) is 2.32. The first kappa shape index (κ1) is 16.7. The molecule has 6 nitrogen and oxygen atoms in total. The predicted octanol–water partition coefficient (Wildman–Crippen LogP) is 4.40. The second-order valence-electron chi connectivity index (χ2n) is 5.37. The molecule has 4 N–H and O–H groups in total. The second kappa shape index (κ2) is 7.19. The van der Waals surface area contributed by atoms with E-state index in [2.05, 4.69) is 20.6 Å². The van der Waals surface area contributed by atoms with Crippen molar-refractivity contribution in [2.45, 2.75) is 6.92 Å². The Balaban J connectivity index is 1.80. The summed E-state index contributed by atoms with van der Waals surface area (Å²) < 4.78 is 0. The molecule has 0 spiro atoms. The van der Waals surface area contributed by atoms with Gasteiger partial charge in [0, 0.05) is 22.0 Å². The molecule has 7 heteroatoms. The zero-order valence-corrected chi connectivity index (χ0v) is 14.2. The number of nitrogens with two attached hydrogens (primary N) is 1. The summed E-state index contributed by atoms with van der Waals surface area (Å²) in [4.78, 5) is 19.7. The molecule has 3 aromatic rings. The first-order chi connectivity index (χ1) is 12.0. The van der Waals surface area contributed by atoms with E-state index in [-0.39, 0.29) is 5.78 Å². The number of nitrogen functional groups attached to an aromatic ring is 1. The van der Waals surface area contributed by atoms with Gasteiger partial charge in [-0.25, -0.2) is 9.97 Å². The van der Waals surface area contributed by atoms with Gasteiger partial charge in [-0.1, -0.05) is 11.6 Å². The second-order valence-corrected chi connectivity index (χ2v) is 5.81. The fraction of sp³-hybridized carbons (Fsp3) is 0.0556. The minimum absolute atomic E-state index is 0.0163. The van der Waals surface area contributed by atoms with E-state index in [4.69, 9.17) is 17.3 Å². The normalized spacial score (nSPS) is 10.3. The number of hydrogen-bond acceptors (Lipinski definition) is 6. The van der Waals surface area contributed by atoms with E-state index < -0.39 is 0 Å². The molecule has 0 bridgehead atoms. The molecule has 3 rings (SSSR count). The molecule has 0 atom stereocenters. The third-order valence-corrected chi connectivity index (χ3v) is 3.80. The third kappa shape index (κ3) is 4.05. The van der Waals surface area contributed by atoms with Crippen molar-refractivity contribution in [2.75, 3.05) is 16.4 Å². The lowest BCUT2D eigenvalue weighted by atomic mass is 10.1. The van der Waals surface area contributed by atoms with Crippen molar-refractivity contribution in [2.24, 2.45) is 0 Å². The maximum atomic E-state index is 11.3. The van der Waals surface area contributed by atoms with Gasteiger partial charge in [0.05, 0.1) is 0 Å². The Hall–Kier alpha value is -3.12. The average molecular weight is 354 g/mol. The standard InChI is InChI=1S/C18H16ClN5O/c1-11(25)12-2-6-14(7-3-12)23-17-16(20)18(22-10-21-17)24-15-8-4-13(19)5-9-15/h2-10H,20H2,1H3,(H2,21,22,23,24). The lowest BCUT2D eigenvalue weighted by Gasteiger charge is -2.12. The summed E-state index contributed by atoms with van der Waals surface area (Å²) in [6.07, 6.45) is 1.42. The minimum atomic E-state index is 0.0163. The molecule has 2 aromatic carbocycles. The molecule has 0 fully saturated rings. The number of anilines is 5. The lowest BCUT2D eigenvalue weighted by molar-refractivity contribution is 0.101. The van der Waals surface area contributed by atoms with Crippen LogP contribution in [-0.4, -0.2) is 15.8 Å². The smallest absolute Gasteiger partial charge is 0.159 e. The van der Waals surface area contributed by atoms with Crippen LogP contribution in [0, 0.1) is 0 Å². The molecule has 1 heterocycles. The molecule has 0 aliphatic heterocycles. The lowest BCUT2D eigenvalue weighted by Crippen LogP contribution is -2.05. The van der Waals surface area contributed by atoms with E-state index in [1.807, 2.05) is 12.1 Å². The molecule has 126 valence electrons. The van der Waals surface area contributed by atoms with Gasteiger partial charge < -0.3 is 16.4 Å². The van der Waals surface area contributed by atoms with Crippen molar-refractivity contribution in [1.82, 2.24) is 9.97 Å². The highest BCUT2D eigenvalue weighted by Gasteiger charge is 2.09. The zero-order valence-electron chi connectivity index (χ0n) is 13.5. The number of nitrogens with one attached hydrogen (secondary N) is 2. The Morgan fingerprint density at radius 3 is 1.88 bits per heavy atom. The molecule has 0 unspecified atom stereocenters.